The van der Waals surface area contributed by atoms with Crippen LogP contribution in [0, 0.1) is 11.7 Å². The SMILES string of the molecule is CCCC1CCN(Cc2cc(F)cc(Br)c2)C1. The molecular formula is C14H19BrFN. The molecule has 1 unspecified atom stereocenters. The minimum atomic E-state index is -0.154. The molecular weight excluding hydrogens is 281 g/mol. The second-order valence-corrected chi connectivity index (χ2v) is 5.87. The van der Waals surface area contributed by atoms with Crippen LogP contribution in [0.25, 0.3) is 0 Å². The maximum Gasteiger partial charge on any atom is 0.124 e. The van der Waals surface area contributed by atoms with Gasteiger partial charge in [0, 0.05) is 17.6 Å². The molecule has 2 rings (SSSR count). The van der Waals surface area contributed by atoms with Gasteiger partial charge in [-0.25, -0.2) is 4.39 Å². The van der Waals surface area contributed by atoms with Crippen LogP contribution in [-0.2, 0) is 6.54 Å². The third kappa shape index (κ3) is 3.78. The van der Waals surface area contributed by atoms with Gasteiger partial charge >= 0.3 is 0 Å². The number of nitrogens with zero attached hydrogens (tertiary/aromatic N) is 1. The first kappa shape index (κ1) is 13.0. The summed E-state index contributed by atoms with van der Waals surface area (Å²) in [6, 6.07) is 5.15. The van der Waals surface area contributed by atoms with Crippen molar-refractivity contribution in [3.63, 3.8) is 0 Å². The second kappa shape index (κ2) is 5.96. The summed E-state index contributed by atoms with van der Waals surface area (Å²) in [4.78, 5) is 2.43. The third-order valence-electron chi connectivity index (χ3n) is 3.40. The van der Waals surface area contributed by atoms with E-state index in [2.05, 4.69) is 27.8 Å². The minimum Gasteiger partial charge on any atom is -0.299 e. The maximum atomic E-state index is 13.3. The van der Waals surface area contributed by atoms with Crippen LogP contribution in [0.5, 0.6) is 0 Å². The van der Waals surface area contributed by atoms with E-state index >= 15 is 0 Å². The molecule has 1 aromatic rings. The second-order valence-electron chi connectivity index (χ2n) is 4.96. The van der Waals surface area contributed by atoms with Gasteiger partial charge in [0.2, 0.25) is 0 Å². The van der Waals surface area contributed by atoms with Crippen LogP contribution < -0.4 is 0 Å². The lowest BCUT2D eigenvalue weighted by molar-refractivity contribution is 0.312. The molecule has 94 valence electrons. The van der Waals surface area contributed by atoms with Gasteiger partial charge in [0.05, 0.1) is 0 Å². The van der Waals surface area contributed by atoms with E-state index in [1.54, 1.807) is 6.07 Å². The lowest BCUT2D eigenvalue weighted by Gasteiger charge is -2.16. The average Bonchev–Trinajstić information content (AvgIpc) is 2.64. The zero-order valence-electron chi connectivity index (χ0n) is 10.3. The van der Waals surface area contributed by atoms with Crippen LogP contribution in [0.2, 0.25) is 0 Å². The van der Waals surface area contributed by atoms with Gasteiger partial charge in [-0.05, 0) is 49.1 Å². The first-order valence-electron chi connectivity index (χ1n) is 6.34. The van der Waals surface area contributed by atoms with Gasteiger partial charge in [-0.1, -0.05) is 29.3 Å². The van der Waals surface area contributed by atoms with Crippen molar-refractivity contribution in [3.05, 3.63) is 34.1 Å². The summed E-state index contributed by atoms with van der Waals surface area (Å²) in [5, 5.41) is 0. The van der Waals surface area contributed by atoms with E-state index < -0.39 is 0 Å². The minimum absolute atomic E-state index is 0.154. The fourth-order valence-corrected chi connectivity index (χ4v) is 3.17. The molecule has 0 aliphatic carbocycles. The molecule has 1 nitrogen and oxygen atoms in total. The highest BCUT2D eigenvalue weighted by Gasteiger charge is 2.21. The van der Waals surface area contributed by atoms with Gasteiger partial charge in [0.1, 0.15) is 5.82 Å². The molecule has 0 saturated carbocycles. The Morgan fingerprint density at radius 3 is 2.94 bits per heavy atom. The molecule has 1 saturated heterocycles. The fraction of sp³-hybridized carbons (Fsp3) is 0.571. The molecule has 0 aromatic heterocycles. The number of hydrogen-bond donors (Lipinski definition) is 0. The van der Waals surface area contributed by atoms with Crippen LogP contribution in [-0.4, -0.2) is 18.0 Å². The highest BCUT2D eigenvalue weighted by Crippen LogP contribution is 2.23. The van der Waals surface area contributed by atoms with E-state index in [1.807, 2.05) is 6.07 Å². The molecule has 17 heavy (non-hydrogen) atoms. The average molecular weight is 300 g/mol. The van der Waals surface area contributed by atoms with Crippen molar-refractivity contribution in [3.8, 4) is 0 Å². The molecule has 1 atom stereocenters. The number of halogens is 2. The smallest absolute Gasteiger partial charge is 0.124 e. The predicted molar refractivity (Wildman–Crippen MR) is 72.4 cm³/mol. The molecule has 0 N–H and O–H groups in total. The molecule has 3 heteroatoms. The summed E-state index contributed by atoms with van der Waals surface area (Å²) >= 11 is 3.34. The Hall–Kier alpha value is -0.410. The normalized spacial score (nSPS) is 21.0. The Morgan fingerprint density at radius 1 is 1.41 bits per heavy atom. The molecule has 0 radical (unpaired) electrons. The highest BCUT2D eigenvalue weighted by molar-refractivity contribution is 9.10. The van der Waals surface area contributed by atoms with Crippen LogP contribution in [0.4, 0.5) is 4.39 Å². The van der Waals surface area contributed by atoms with Crippen molar-refractivity contribution in [2.45, 2.75) is 32.7 Å². The van der Waals surface area contributed by atoms with Gasteiger partial charge in [-0.15, -0.1) is 0 Å². The highest BCUT2D eigenvalue weighted by atomic mass is 79.9. The maximum absolute atomic E-state index is 13.3. The molecule has 0 amide bonds. The number of likely N-dealkylation sites (tertiary alicyclic amines) is 1. The standard InChI is InChI=1S/C14H19BrFN/c1-2-3-11-4-5-17(9-11)10-12-6-13(15)8-14(16)7-12/h6-8,11H,2-5,9-10H2,1H3. The van der Waals surface area contributed by atoms with E-state index in [0.29, 0.717) is 0 Å². The molecule has 0 bridgehead atoms. The van der Waals surface area contributed by atoms with Gasteiger partial charge in [-0.2, -0.15) is 0 Å². The monoisotopic (exact) mass is 299 g/mol. The zero-order chi connectivity index (χ0) is 12.3. The zero-order valence-corrected chi connectivity index (χ0v) is 11.8. The van der Waals surface area contributed by atoms with Crippen LogP contribution in [0.1, 0.15) is 31.7 Å². The van der Waals surface area contributed by atoms with Crippen LogP contribution in [0.3, 0.4) is 0 Å². The number of rotatable bonds is 4. The van der Waals surface area contributed by atoms with Crippen molar-refractivity contribution in [2.75, 3.05) is 13.1 Å². The molecule has 0 spiro atoms. The van der Waals surface area contributed by atoms with Crippen molar-refractivity contribution < 1.29 is 4.39 Å². The number of hydrogen-bond acceptors (Lipinski definition) is 1. The summed E-state index contributed by atoms with van der Waals surface area (Å²) < 4.78 is 14.1. The van der Waals surface area contributed by atoms with E-state index in [0.717, 1.165) is 29.0 Å². The van der Waals surface area contributed by atoms with Crippen molar-refractivity contribution >= 4 is 15.9 Å². The topological polar surface area (TPSA) is 3.24 Å². The van der Waals surface area contributed by atoms with E-state index in [4.69, 9.17) is 0 Å². The fourth-order valence-electron chi connectivity index (χ4n) is 2.66. The molecule has 1 heterocycles. The Labute approximate surface area is 111 Å². The van der Waals surface area contributed by atoms with Crippen LogP contribution >= 0.6 is 15.9 Å². The lowest BCUT2D eigenvalue weighted by Crippen LogP contribution is -2.20. The quantitative estimate of drug-likeness (QED) is 0.805. The Bertz CT molecular complexity index is 360. The van der Waals surface area contributed by atoms with Crippen molar-refractivity contribution in [1.29, 1.82) is 0 Å². The van der Waals surface area contributed by atoms with Gasteiger partial charge in [0.15, 0.2) is 0 Å². The number of benzene rings is 1. The molecule has 1 aliphatic rings. The predicted octanol–water partition coefficient (Wildman–Crippen LogP) is 4.21. The van der Waals surface area contributed by atoms with E-state index in [9.17, 15) is 4.39 Å². The van der Waals surface area contributed by atoms with Crippen LogP contribution in [0.15, 0.2) is 22.7 Å². The Kier molecular flexibility index (Phi) is 4.57. The molecule has 1 aromatic carbocycles. The van der Waals surface area contributed by atoms with E-state index in [-0.39, 0.29) is 5.82 Å². The summed E-state index contributed by atoms with van der Waals surface area (Å²) in [5.41, 5.74) is 1.06. The Morgan fingerprint density at radius 2 is 2.24 bits per heavy atom. The summed E-state index contributed by atoms with van der Waals surface area (Å²) in [7, 11) is 0. The largest absolute Gasteiger partial charge is 0.299 e. The summed E-state index contributed by atoms with van der Waals surface area (Å²) in [6.07, 6.45) is 3.89. The first-order valence-corrected chi connectivity index (χ1v) is 7.14. The first-order chi connectivity index (χ1) is 8.17. The third-order valence-corrected chi connectivity index (χ3v) is 3.85. The van der Waals surface area contributed by atoms with Crippen molar-refractivity contribution in [2.24, 2.45) is 5.92 Å². The van der Waals surface area contributed by atoms with Gasteiger partial charge < -0.3 is 0 Å². The lowest BCUT2D eigenvalue weighted by atomic mass is 10.0. The summed E-state index contributed by atoms with van der Waals surface area (Å²) in [6.45, 7) is 5.43. The Balaban J connectivity index is 1.93. The molecule has 1 aliphatic heterocycles. The van der Waals surface area contributed by atoms with Gasteiger partial charge in [0.25, 0.3) is 0 Å². The molecule has 1 fully saturated rings. The summed E-state index contributed by atoms with van der Waals surface area (Å²) in [5.74, 6) is 0.690. The van der Waals surface area contributed by atoms with E-state index in [1.165, 1.54) is 31.9 Å². The van der Waals surface area contributed by atoms with Crippen molar-refractivity contribution in [1.82, 2.24) is 4.90 Å². The van der Waals surface area contributed by atoms with Gasteiger partial charge in [-0.3, -0.25) is 4.90 Å².